The molecule has 7 heteroatoms. The minimum atomic E-state index is -1.04. The number of amides is 1. The quantitative estimate of drug-likeness (QED) is 0.826. The van der Waals surface area contributed by atoms with E-state index in [1.807, 2.05) is 31.2 Å². The van der Waals surface area contributed by atoms with Gasteiger partial charge in [0.25, 0.3) is 5.91 Å². The Morgan fingerprint density at radius 1 is 1.28 bits per heavy atom. The van der Waals surface area contributed by atoms with Crippen molar-refractivity contribution in [3.8, 4) is 0 Å². The molecular weight excluding hydrogens is 342 g/mol. The fourth-order valence-electron chi connectivity index (χ4n) is 2.43. The number of hydrogen-bond acceptors (Lipinski definition) is 3. The van der Waals surface area contributed by atoms with E-state index in [1.165, 1.54) is 0 Å². The first kappa shape index (κ1) is 19.0. The van der Waals surface area contributed by atoms with Crippen molar-refractivity contribution in [1.82, 2.24) is 15.1 Å². The molecule has 2 rings (SSSR count). The first-order chi connectivity index (χ1) is 11.6. The number of rotatable bonds is 6. The van der Waals surface area contributed by atoms with Crippen molar-refractivity contribution < 1.29 is 14.7 Å². The van der Waals surface area contributed by atoms with Crippen LogP contribution < -0.4 is 5.32 Å². The van der Waals surface area contributed by atoms with Crippen molar-refractivity contribution in [2.24, 2.45) is 5.41 Å². The predicted molar refractivity (Wildman–Crippen MR) is 96.0 cm³/mol. The third-order valence-corrected chi connectivity index (χ3v) is 4.53. The standard InChI is InChI=1S/C18H22ClN3O3/c1-11-15(16(23)20-10-18(3,4)17(24)25)12(2)22(21-11)9-13-7-5-6-8-14(13)19/h5-8H,9-10H2,1-4H3,(H,20,23)(H,24,25). The second kappa shape index (κ2) is 7.27. The summed E-state index contributed by atoms with van der Waals surface area (Å²) in [6, 6.07) is 7.47. The first-order valence-corrected chi connectivity index (χ1v) is 8.30. The van der Waals surface area contributed by atoms with Crippen LogP contribution >= 0.6 is 11.6 Å². The minimum absolute atomic E-state index is 0.0374. The Hall–Kier alpha value is -2.34. The SMILES string of the molecule is Cc1nn(Cc2ccccc2Cl)c(C)c1C(=O)NCC(C)(C)C(=O)O. The molecule has 0 radical (unpaired) electrons. The maximum Gasteiger partial charge on any atom is 0.310 e. The number of carboxylic acid groups (broad SMARTS) is 1. The average Bonchev–Trinajstić information content (AvgIpc) is 2.81. The summed E-state index contributed by atoms with van der Waals surface area (Å²) in [7, 11) is 0. The molecule has 0 aliphatic heterocycles. The molecule has 0 saturated heterocycles. The third-order valence-electron chi connectivity index (χ3n) is 4.16. The smallest absolute Gasteiger partial charge is 0.310 e. The lowest BCUT2D eigenvalue weighted by Gasteiger charge is -2.19. The zero-order valence-corrected chi connectivity index (χ0v) is 15.5. The number of halogens is 1. The molecule has 0 fully saturated rings. The van der Waals surface area contributed by atoms with Crippen molar-refractivity contribution >= 4 is 23.5 Å². The molecule has 0 spiro atoms. The van der Waals surface area contributed by atoms with Crippen LogP contribution in [0, 0.1) is 19.3 Å². The number of carbonyl (C=O) groups excluding carboxylic acids is 1. The van der Waals surface area contributed by atoms with Gasteiger partial charge in [-0.1, -0.05) is 29.8 Å². The number of aryl methyl sites for hydroxylation is 1. The molecule has 0 bridgehead atoms. The van der Waals surface area contributed by atoms with Gasteiger partial charge in [0, 0.05) is 17.3 Å². The van der Waals surface area contributed by atoms with Crippen LogP contribution in [0.1, 0.15) is 41.2 Å². The van der Waals surface area contributed by atoms with E-state index in [-0.39, 0.29) is 12.5 Å². The molecule has 0 atom stereocenters. The lowest BCUT2D eigenvalue weighted by atomic mass is 9.94. The van der Waals surface area contributed by atoms with Crippen molar-refractivity contribution in [2.45, 2.75) is 34.2 Å². The van der Waals surface area contributed by atoms with Crippen LogP contribution in [0.2, 0.25) is 5.02 Å². The molecule has 2 aromatic rings. The largest absolute Gasteiger partial charge is 0.481 e. The predicted octanol–water partition coefficient (Wildman–Crippen LogP) is 3.04. The van der Waals surface area contributed by atoms with E-state index in [0.717, 1.165) is 5.56 Å². The van der Waals surface area contributed by atoms with Gasteiger partial charge in [-0.15, -0.1) is 0 Å². The van der Waals surface area contributed by atoms with E-state index >= 15 is 0 Å². The Morgan fingerprint density at radius 2 is 1.92 bits per heavy atom. The van der Waals surface area contributed by atoms with E-state index in [0.29, 0.717) is 28.5 Å². The van der Waals surface area contributed by atoms with E-state index in [4.69, 9.17) is 16.7 Å². The summed E-state index contributed by atoms with van der Waals surface area (Å²) >= 11 is 6.19. The molecule has 25 heavy (non-hydrogen) atoms. The number of aromatic nitrogens is 2. The van der Waals surface area contributed by atoms with Gasteiger partial charge < -0.3 is 10.4 Å². The summed E-state index contributed by atoms with van der Waals surface area (Å²) in [5.41, 5.74) is 1.64. The molecule has 1 amide bonds. The molecule has 0 unspecified atom stereocenters. The number of hydrogen-bond donors (Lipinski definition) is 2. The van der Waals surface area contributed by atoms with Crippen LogP contribution in [0.5, 0.6) is 0 Å². The number of carbonyl (C=O) groups is 2. The van der Waals surface area contributed by atoms with Gasteiger partial charge in [-0.2, -0.15) is 5.10 Å². The Kier molecular flexibility index (Phi) is 5.52. The Balaban J connectivity index is 2.20. The van der Waals surface area contributed by atoms with E-state index in [2.05, 4.69) is 10.4 Å². The summed E-state index contributed by atoms with van der Waals surface area (Å²) in [4.78, 5) is 23.7. The fourth-order valence-corrected chi connectivity index (χ4v) is 2.63. The molecule has 6 nitrogen and oxygen atoms in total. The van der Waals surface area contributed by atoms with Crippen LogP contribution in [0.15, 0.2) is 24.3 Å². The Morgan fingerprint density at radius 3 is 2.52 bits per heavy atom. The van der Waals surface area contributed by atoms with Crippen LogP contribution in [0.3, 0.4) is 0 Å². The molecule has 0 saturated carbocycles. The molecule has 1 heterocycles. The number of aliphatic carboxylic acids is 1. The van der Waals surface area contributed by atoms with Crippen molar-refractivity contribution in [3.05, 3.63) is 51.8 Å². The van der Waals surface area contributed by atoms with Gasteiger partial charge in [0.05, 0.1) is 23.2 Å². The topological polar surface area (TPSA) is 84.2 Å². The zero-order valence-electron chi connectivity index (χ0n) is 14.8. The maximum absolute atomic E-state index is 12.5. The summed E-state index contributed by atoms with van der Waals surface area (Å²) < 4.78 is 1.73. The second-order valence-electron chi connectivity index (χ2n) is 6.67. The Labute approximate surface area is 151 Å². The minimum Gasteiger partial charge on any atom is -0.481 e. The first-order valence-electron chi connectivity index (χ1n) is 7.92. The number of benzene rings is 1. The highest BCUT2D eigenvalue weighted by Crippen LogP contribution is 2.20. The maximum atomic E-state index is 12.5. The molecule has 0 aliphatic rings. The van der Waals surface area contributed by atoms with E-state index < -0.39 is 11.4 Å². The highest BCUT2D eigenvalue weighted by Gasteiger charge is 2.29. The lowest BCUT2D eigenvalue weighted by Crippen LogP contribution is -2.39. The van der Waals surface area contributed by atoms with Crippen molar-refractivity contribution in [3.63, 3.8) is 0 Å². The zero-order chi connectivity index (χ0) is 18.8. The van der Waals surface area contributed by atoms with Gasteiger partial charge in [0.2, 0.25) is 0 Å². The van der Waals surface area contributed by atoms with E-state index in [1.54, 1.807) is 25.5 Å². The summed E-state index contributed by atoms with van der Waals surface area (Å²) in [5.74, 6) is -1.29. The lowest BCUT2D eigenvalue weighted by molar-refractivity contribution is -0.146. The third kappa shape index (κ3) is 4.20. The normalized spacial score (nSPS) is 11.4. The van der Waals surface area contributed by atoms with Crippen LogP contribution in [0.4, 0.5) is 0 Å². The molecule has 1 aromatic carbocycles. The Bertz CT molecular complexity index is 812. The molecule has 2 N–H and O–H groups in total. The van der Waals surface area contributed by atoms with Crippen molar-refractivity contribution in [1.29, 1.82) is 0 Å². The second-order valence-corrected chi connectivity index (χ2v) is 7.07. The van der Waals surface area contributed by atoms with Crippen LogP contribution in [-0.4, -0.2) is 33.3 Å². The van der Waals surface area contributed by atoms with E-state index in [9.17, 15) is 9.59 Å². The number of nitrogens with zero attached hydrogens (tertiary/aromatic N) is 2. The van der Waals surface area contributed by atoms with Gasteiger partial charge in [0.1, 0.15) is 0 Å². The monoisotopic (exact) mass is 363 g/mol. The fraction of sp³-hybridized carbons (Fsp3) is 0.389. The molecular formula is C18H22ClN3O3. The van der Waals surface area contributed by atoms with Gasteiger partial charge >= 0.3 is 5.97 Å². The number of nitrogens with one attached hydrogen (secondary N) is 1. The molecule has 1 aromatic heterocycles. The summed E-state index contributed by atoms with van der Waals surface area (Å²) in [5, 5.41) is 16.9. The highest BCUT2D eigenvalue weighted by molar-refractivity contribution is 6.31. The van der Waals surface area contributed by atoms with Crippen molar-refractivity contribution in [2.75, 3.05) is 6.54 Å². The summed E-state index contributed by atoms with van der Waals surface area (Å²) in [6.45, 7) is 7.20. The van der Waals surface area contributed by atoms with Gasteiger partial charge in [0.15, 0.2) is 0 Å². The van der Waals surface area contributed by atoms with Gasteiger partial charge in [-0.3, -0.25) is 14.3 Å². The molecule has 0 aliphatic carbocycles. The van der Waals surface area contributed by atoms with Crippen LogP contribution in [0.25, 0.3) is 0 Å². The molecule has 134 valence electrons. The van der Waals surface area contributed by atoms with Gasteiger partial charge in [-0.25, -0.2) is 0 Å². The van der Waals surface area contributed by atoms with Crippen LogP contribution in [-0.2, 0) is 11.3 Å². The van der Waals surface area contributed by atoms with Gasteiger partial charge in [-0.05, 0) is 39.3 Å². The highest BCUT2D eigenvalue weighted by atomic mass is 35.5. The average molecular weight is 364 g/mol. The summed E-state index contributed by atoms with van der Waals surface area (Å²) in [6.07, 6.45) is 0. The number of carboxylic acids is 1.